The van der Waals surface area contributed by atoms with E-state index in [9.17, 15) is 0 Å². The van der Waals surface area contributed by atoms with Crippen molar-refractivity contribution in [3.63, 3.8) is 0 Å². The second kappa shape index (κ2) is 6.56. The van der Waals surface area contributed by atoms with Crippen LogP contribution in [0, 0.1) is 0 Å². The van der Waals surface area contributed by atoms with Gasteiger partial charge in [0, 0.05) is 10.8 Å². The summed E-state index contributed by atoms with van der Waals surface area (Å²) in [7, 11) is 0. The van der Waals surface area contributed by atoms with Crippen LogP contribution in [0.1, 0.15) is 34.5 Å². The minimum atomic E-state index is 0.304. The molecule has 1 aromatic carbocycles. The maximum absolute atomic E-state index is 6.11. The van der Waals surface area contributed by atoms with Crippen molar-refractivity contribution in [2.75, 3.05) is 0 Å². The predicted molar refractivity (Wildman–Crippen MR) is 88.2 cm³/mol. The Balaban J connectivity index is 2.28. The molecule has 96 valence electrons. The van der Waals surface area contributed by atoms with E-state index < -0.39 is 0 Å². The fraction of sp³-hybridized carbons (Fsp3) is 0.286. The van der Waals surface area contributed by atoms with Gasteiger partial charge in [-0.25, -0.2) is 0 Å². The summed E-state index contributed by atoms with van der Waals surface area (Å²) in [5.74, 6) is 0.466. The van der Waals surface area contributed by atoms with Crippen LogP contribution in [0.4, 0.5) is 0 Å². The lowest BCUT2D eigenvalue weighted by Crippen LogP contribution is -2.03. The fourth-order valence-electron chi connectivity index (χ4n) is 2.01. The standard InChI is InChI=1S/C14H13Br2ClS/c1-2-10(9-6-4-3-5-7-9)13(15)12-8-11(17)14(16)18-12/h3-8,10,13H,2H2,1H3. The van der Waals surface area contributed by atoms with E-state index in [-0.39, 0.29) is 0 Å². The number of halogens is 3. The van der Waals surface area contributed by atoms with E-state index in [0.29, 0.717) is 10.7 Å². The Hall–Kier alpha value is 0.170. The SMILES string of the molecule is CCC(c1ccccc1)C(Br)c1cc(Cl)c(Br)s1. The molecule has 0 aliphatic heterocycles. The third-order valence-electron chi connectivity index (χ3n) is 2.96. The minimum Gasteiger partial charge on any atom is -0.130 e. The first-order chi connectivity index (χ1) is 8.63. The largest absolute Gasteiger partial charge is 0.130 e. The van der Waals surface area contributed by atoms with Crippen molar-refractivity contribution >= 4 is 54.8 Å². The first-order valence-corrected chi connectivity index (χ1v) is 8.67. The van der Waals surface area contributed by atoms with Crippen LogP contribution in [0.3, 0.4) is 0 Å². The van der Waals surface area contributed by atoms with Gasteiger partial charge in [-0.05, 0) is 34.0 Å². The van der Waals surface area contributed by atoms with Gasteiger partial charge in [0.05, 0.1) is 13.6 Å². The van der Waals surface area contributed by atoms with Crippen molar-refractivity contribution in [1.29, 1.82) is 0 Å². The summed E-state index contributed by atoms with van der Waals surface area (Å²) in [5, 5.41) is 0.794. The Morgan fingerprint density at radius 1 is 1.28 bits per heavy atom. The smallest absolute Gasteiger partial charge is 0.0887 e. The van der Waals surface area contributed by atoms with E-state index in [4.69, 9.17) is 11.6 Å². The van der Waals surface area contributed by atoms with Crippen molar-refractivity contribution < 1.29 is 0 Å². The van der Waals surface area contributed by atoms with Gasteiger partial charge in [-0.3, -0.25) is 0 Å². The summed E-state index contributed by atoms with van der Waals surface area (Å²) >= 11 is 15.1. The molecule has 0 N–H and O–H groups in total. The highest BCUT2D eigenvalue weighted by Crippen LogP contribution is 2.45. The lowest BCUT2D eigenvalue weighted by Gasteiger charge is -2.20. The van der Waals surface area contributed by atoms with Crippen molar-refractivity contribution in [3.05, 3.63) is 55.6 Å². The van der Waals surface area contributed by atoms with E-state index in [1.807, 2.05) is 6.07 Å². The van der Waals surface area contributed by atoms with E-state index in [1.165, 1.54) is 10.4 Å². The highest BCUT2D eigenvalue weighted by atomic mass is 79.9. The first kappa shape index (κ1) is 14.6. The van der Waals surface area contributed by atoms with Gasteiger partial charge in [0.25, 0.3) is 0 Å². The van der Waals surface area contributed by atoms with Crippen molar-refractivity contribution in [1.82, 2.24) is 0 Å². The molecule has 4 heteroatoms. The average Bonchev–Trinajstić information content (AvgIpc) is 2.72. The summed E-state index contributed by atoms with van der Waals surface area (Å²) in [4.78, 5) is 1.57. The molecule has 0 aliphatic rings. The van der Waals surface area contributed by atoms with Gasteiger partial charge >= 0.3 is 0 Å². The van der Waals surface area contributed by atoms with E-state index in [0.717, 1.165) is 15.2 Å². The maximum Gasteiger partial charge on any atom is 0.0887 e. The molecule has 0 saturated heterocycles. The number of hydrogen-bond acceptors (Lipinski definition) is 1. The Kier molecular flexibility index (Phi) is 5.31. The normalized spacial score (nSPS) is 14.4. The van der Waals surface area contributed by atoms with Crippen molar-refractivity contribution in [2.24, 2.45) is 0 Å². The van der Waals surface area contributed by atoms with Gasteiger partial charge in [-0.2, -0.15) is 0 Å². The van der Waals surface area contributed by atoms with Gasteiger partial charge in [-0.15, -0.1) is 11.3 Å². The summed E-state index contributed by atoms with van der Waals surface area (Å²) in [6, 6.07) is 12.7. The Morgan fingerprint density at radius 2 is 1.94 bits per heavy atom. The topological polar surface area (TPSA) is 0 Å². The zero-order valence-corrected chi connectivity index (χ0v) is 14.6. The summed E-state index contributed by atoms with van der Waals surface area (Å²) in [6.45, 7) is 2.22. The minimum absolute atomic E-state index is 0.304. The third kappa shape index (κ3) is 3.19. The van der Waals surface area contributed by atoms with Crippen LogP contribution in [-0.4, -0.2) is 0 Å². The van der Waals surface area contributed by atoms with Gasteiger partial charge in [-0.1, -0.05) is 64.8 Å². The Labute approximate surface area is 134 Å². The van der Waals surface area contributed by atoms with Crippen molar-refractivity contribution in [3.8, 4) is 0 Å². The summed E-state index contributed by atoms with van der Waals surface area (Å²) < 4.78 is 1.01. The van der Waals surface area contributed by atoms with Gasteiger partial charge < -0.3 is 0 Å². The van der Waals surface area contributed by atoms with Crippen LogP contribution in [-0.2, 0) is 0 Å². The van der Waals surface area contributed by atoms with E-state index in [2.05, 4.69) is 69.1 Å². The van der Waals surface area contributed by atoms with Crippen LogP contribution in [0.25, 0.3) is 0 Å². The molecule has 0 nitrogen and oxygen atoms in total. The van der Waals surface area contributed by atoms with Crippen LogP contribution in [0.5, 0.6) is 0 Å². The van der Waals surface area contributed by atoms with E-state index in [1.54, 1.807) is 11.3 Å². The van der Waals surface area contributed by atoms with Crippen LogP contribution in [0.15, 0.2) is 40.2 Å². The zero-order valence-electron chi connectivity index (χ0n) is 9.87. The summed E-state index contributed by atoms with van der Waals surface area (Å²) in [5.41, 5.74) is 1.36. The molecule has 0 saturated carbocycles. The molecule has 0 spiro atoms. The average molecular weight is 409 g/mol. The molecular formula is C14H13Br2ClS. The molecule has 1 heterocycles. The second-order valence-electron chi connectivity index (χ2n) is 4.10. The molecule has 0 fully saturated rings. The molecule has 0 amide bonds. The number of hydrogen-bond donors (Lipinski definition) is 0. The Bertz CT molecular complexity index is 490. The van der Waals surface area contributed by atoms with Crippen molar-refractivity contribution in [2.45, 2.75) is 24.1 Å². The number of rotatable bonds is 4. The first-order valence-electron chi connectivity index (χ1n) is 5.77. The molecule has 0 bridgehead atoms. The maximum atomic E-state index is 6.11. The third-order valence-corrected chi connectivity index (χ3v) is 6.95. The Morgan fingerprint density at radius 3 is 2.44 bits per heavy atom. The summed E-state index contributed by atoms with van der Waals surface area (Å²) in [6.07, 6.45) is 1.09. The fourth-order valence-corrected chi connectivity index (χ4v) is 4.89. The highest BCUT2D eigenvalue weighted by Gasteiger charge is 2.23. The molecular weight excluding hydrogens is 395 g/mol. The zero-order chi connectivity index (χ0) is 13.1. The van der Waals surface area contributed by atoms with Gasteiger partial charge in [0.1, 0.15) is 0 Å². The highest BCUT2D eigenvalue weighted by molar-refractivity contribution is 9.11. The molecule has 0 radical (unpaired) electrons. The molecule has 2 unspecified atom stereocenters. The van der Waals surface area contributed by atoms with Crippen LogP contribution < -0.4 is 0 Å². The number of alkyl halides is 1. The second-order valence-corrected chi connectivity index (χ2v) is 7.89. The number of thiophene rings is 1. The van der Waals surface area contributed by atoms with Crippen LogP contribution >= 0.6 is 54.8 Å². The molecule has 2 rings (SSSR count). The monoisotopic (exact) mass is 406 g/mol. The number of benzene rings is 1. The molecule has 1 aromatic heterocycles. The molecule has 18 heavy (non-hydrogen) atoms. The van der Waals surface area contributed by atoms with E-state index >= 15 is 0 Å². The lowest BCUT2D eigenvalue weighted by atomic mass is 9.92. The quantitative estimate of drug-likeness (QED) is 0.488. The van der Waals surface area contributed by atoms with Gasteiger partial charge in [0.15, 0.2) is 0 Å². The molecule has 2 atom stereocenters. The molecule has 0 aliphatic carbocycles. The van der Waals surface area contributed by atoms with Gasteiger partial charge in [0.2, 0.25) is 0 Å². The van der Waals surface area contributed by atoms with Crippen LogP contribution in [0.2, 0.25) is 5.02 Å². The molecule has 2 aromatic rings. The predicted octanol–water partition coefficient (Wildman–Crippen LogP) is 6.79. The lowest BCUT2D eigenvalue weighted by molar-refractivity contribution is 0.661.